The van der Waals surface area contributed by atoms with E-state index < -0.39 is 0 Å². The lowest BCUT2D eigenvalue weighted by Gasteiger charge is -2.10. The Morgan fingerprint density at radius 2 is 1.96 bits per heavy atom. The highest BCUT2D eigenvalue weighted by Crippen LogP contribution is 2.21. The second-order valence-corrected chi connectivity index (χ2v) is 5.46. The Kier molecular flexibility index (Phi) is 4.09. The highest BCUT2D eigenvalue weighted by atomic mass is 16.5. The molecule has 1 aliphatic heterocycles. The van der Waals surface area contributed by atoms with Gasteiger partial charge in [0, 0.05) is 25.0 Å². The molecule has 1 aliphatic rings. The number of nitrogens with one attached hydrogen (secondary N) is 2. The number of hydrazine groups is 1. The average molecular weight is 335 g/mol. The second-order valence-electron chi connectivity index (χ2n) is 5.46. The van der Waals surface area contributed by atoms with Crippen LogP contribution in [0.3, 0.4) is 0 Å². The summed E-state index contributed by atoms with van der Waals surface area (Å²) in [6.45, 7) is 3.70. The second kappa shape index (κ2) is 6.70. The minimum atomic E-state index is 0.539. The predicted octanol–water partition coefficient (Wildman–Crippen LogP) is 2.29. The summed E-state index contributed by atoms with van der Waals surface area (Å²) in [6, 6.07) is 9.32. The standard InChI is InChI=1S/C17H17N7O/c1-2-24-11-12(10-19-24)20-17-18-8-6-15(22-17)13-4-3-5-14(21-13)16-7-9-25-23-16/h3-9,11,19H,2,10H2,1H3,(H,18,20,22). The molecular formula is C17H17N7O. The van der Waals surface area contributed by atoms with Gasteiger partial charge in [-0.3, -0.25) is 0 Å². The van der Waals surface area contributed by atoms with E-state index in [9.17, 15) is 0 Å². The molecule has 0 aliphatic carbocycles. The van der Waals surface area contributed by atoms with E-state index in [1.54, 1.807) is 12.3 Å². The van der Waals surface area contributed by atoms with Crippen LogP contribution in [0.4, 0.5) is 5.95 Å². The van der Waals surface area contributed by atoms with E-state index in [1.807, 2.05) is 35.5 Å². The molecule has 0 fully saturated rings. The van der Waals surface area contributed by atoms with Gasteiger partial charge >= 0.3 is 0 Å². The van der Waals surface area contributed by atoms with E-state index in [4.69, 9.17) is 4.52 Å². The van der Waals surface area contributed by atoms with Crippen molar-refractivity contribution in [2.24, 2.45) is 0 Å². The lowest BCUT2D eigenvalue weighted by Crippen LogP contribution is -2.28. The zero-order chi connectivity index (χ0) is 17.1. The molecule has 2 N–H and O–H groups in total. The first-order valence-corrected chi connectivity index (χ1v) is 8.01. The summed E-state index contributed by atoms with van der Waals surface area (Å²) >= 11 is 0. The Balaban J connectivity index is 1.59. The van der Waals surface area contributed by atoms with Gasteiger partial charge in [0.15, 0.2) is 0 Å². The quantitative estimate of drug-likeness (QED) is 0.734. The Hall–Kier alpha value is -3.26. The fourth-order valence-corrected chi connectivity index (χ4v) is 2.52. The number of aromatic nitrogens is 4. The number of rotatable bonds is 5. The minimum Gasteiger partial charge on any atom is -0.364 e. The summed E-state index contributed by atoms with van der Waals surface area (Å²) < 4.78 is 4.88. The molecular weight excluding hydrogens is 318 g/mol. The highest BCUT2D eigenvalue weighted by molar-refractivity contribution is 5.61. The number of anilines is 1. The largest absolute Gasteiger partial charge is 0.364 e. The van der Waals surface area contributed by atoms with Crippen molar-refractivity contribution in [2.75, 3.05) is 18.4 Å². The number of pyridine rings is 1. The SMILES string of the molecule is CCN1C=C(Nc2nccc(-c3cccc(-c4ccon4)n3)n2)CN1. The topological polar surface area (TPSA) is 92.0 Å². The molecule has 8 nitrogen and oxygen atoms in total. The van der Waals surface area contributed by atoms with Crippen LogP contribution in [0.25, 0.3) is 22.8 Å². The third-order valence-corrected chi connectivity index (χ3v) is 3.76. The van der Waals surface area contributed by atoms with Crippen molar-refractivity contribution in [1.82, 2.24) is 30.5 Å². The zero-order valence-electron chi connectivity index (χ0n) is 13.7. The van der Waals surface area contributed by atoms with Gasteiger partial charge in [-0.25, -0.2) is 20.4 Å². The Bertz CT molecular complexity index is 892. The van der Waals surface area contributed by atoms with Gasteiger partial charge in [0.25, 0.3) is 0 Å². The summed E-state index contributed by atoms with van der Waals surface area (Å²) in [5.74, 6) is 0.539. The zero-order valence-corrected chi connectivity index (χ0v) is 13.7. The normalized spacial score (nSPS) is 13.8. The first-order valence-electron chi connectivity index (χ1n) is 8.01. The fraction of sp³-hybridized carbons (Fsp3) is 0.176. The number of hydrogen-bond acceptors (Lipinski definition) is 8. The van der Waals surface area contributed by atoms with Gasteiger partial charge < -0.3 is 14.8 Å². The minimum absolute atomic E-state index is 0.539. The lowest BCUT2D eigenvalue weighted by atomic mass is 10.2. The fourth-order valence-electron chi connectivity index (χ4n) is 2.52. The van der Waals surface area contributed by atoms with Crippen molar-refractivity contribution in [3.05, 3.63) is 54.7 Å². The van der Waals surface area contributed by atoms with Crippen molar-refractivity contribution < 1.29 is 4.52 Å². The van der Waals surface area contributed by atoms with Gasteiger partial charge in [-0.2, -0.15) is 0 Å². The smallest absolute Gasteiger partial charge is 0.227 e. The van der Waals surface area contributed by atoms with Gasteiger partial charge in [-0.15, -0.1) is 0 Å². The maximum atomic E-state index is 4.88. The molecule has 0 unspecified atom stereocenters. The number of nitrogens with zero attached hydrogens (tertiary/aromatic N) is 5. The van der Waals surface area contributed by atoms with Crippen molar-refractivity contribution in [3.8, 4) is 22.8 Å². The molecule has 0 saturated carbocycles. The predicted molar refractivity (Wildman–Crippen MR) is 92.8 cm³/mol. The van der Waals surface area contributed by atoms with Gasteiger partial charge in [0.2, 0.25) is 5.95 Å². The van der Waals surface area contributed by atoms with Crippen LogP contribution < -0.4 is 10.7 Å². The van der Waals surface area contributed by atoms with Crippen molar-refractivity contribution in [3.63, 3.8) is 0 Å². The van der Waals surface area contributed by atoms with E-state index >= 15 is 0 Å². The summed E-state index contributed by atoms with van der Waals surface area (Å²) in [5.41, 5.74) is 7.17. The highest BCUT2D eigenvalue weighted by Gasteiger charge is 2.12. The van der Waals surface area contributed by atoms with Gasteiger partial charge in [0.1, 0.15) is 12.0 Å². The molecule has 25 heavy (non-hydrogen) atoms. The van der Waals surface area contributed by atoms with Crippen molar-refractivity contribution in [1.29, 1.82) is 0 Å². The van der Waals surface area contributed by atoms with Crippen molar-refractivity contribution >= 4 is 5.95 Å². The van der Waals surface area contributed by atoms with Crippen LogP contribution in [0, 0.1) is 0 Å². The van der Waals surface area contributed by atoms with Crippen molar-refractivity contribution in [2.45, 2.75) is 6.92 Å². The summed E-state index contributed by atoms with van der Waals surface area (Å²) in [5, 5.41) is 9.17. The molecule has 4 heterocycles. The van der Waals surface area contributed by atoms with Gasteiger partial charge in [0.05, 0.1) is 29.3 Å². The molecule has 0 bridgehead atoms. The van der Waals surface area contributed by atoms with E-state index in [1.165, 1.54) is 6.26 Å². The summed E-state index contributed by atoms with van der Waals surface area (Å²) in [7, 11) is 0. The molecule has 8 heteroatoms. The van der Waals surface area contributed by atoms with E-state index in [0.29, 0.717) is 11.6 Å². The van der Waals surface area contributed by atoms with Crippen LogP contribution in [-0.4, -0.2) is 38.2 Å². The molecule has 0 saturated heterocycles. The molecule has 3 aromatic heterocycles. The maximum absolute atomic E-state index is 4.88. The van der Waals surface area contributed by atoms with Crippen LogP contribution in [0.5, 0.6) is 0 Å². The molecule has 126 valence electrons. The van der Waals surface area contributed by atoms with Crippen LogP contribution >= 0.6 is 0 Å². The van der Waals surface area contributed by atoms with Crippen LogP contribution in [0.2, 0.25) is 0 Å². The Labute approximate surface area is 144 Å². The molecule has 0 spiro atoms. The van der Waals surface area contributed by atoms with Crippen LogP contribution in [-0.2, 0) is 0 Å². The van der Waals surface area contributed by atoms with E-state index in [2.05, 4.69) is 37.8 Å². The van der Waals surface area contributed by atoms with E-state index in [-0.39, 0.29) is 0 Å². The van der Waals surface area contributed by atoms with Gasteiger partial charge in [-0.05, 0) is 25.1 Å². The Morgan fingerprint density at radius 1 is 1.12 bits per heavy atom. The van der Waals surface area contributed by atoms with Crippen LogP contribution in [0.1, 0.15) is 6.92 Å². The first kappa shape index (κ1) is 15.3. The summed E-state index contributed by atoms with van der Waals surface area (Å²) in [4.78, 5) is 13.5. The van der Waals surface area contributed by atoms with E-state index in [0.717, 1.165) is 35.9 Å². The van der Waals surface area contributed by atoms with Gasteiger partial charge in [-0.1, -0.05) is 11.2 Å². The average Bonchev–Trinajstić information content (AvgIpc) is 3.34. The molecule has 4 rings (SSSR count). The Morgan fingerprint density at radius 3 is 2.72 bits per heavy atom. The third-order valence-electron chi connectivity index (χ3n) is 3.76. The molecule has 0 atom stereocenters. The maximum Gasteiger partial charge on any atom is 0.227 e. The lowest BCUT2D eigenvalue weighted by molar-refractivity contribution is 0.323. The molecule has 0 radical (unpaired) electrons. The number of hydrogen-bond donors (Lipinski definition) is 2. The first-order chi connectivity index (χ1) is 12.3. The summed E-state index contributed by atoms with van der Waals surface area (Å²) in [6.07, 6.45) is 5.26. The van der Waals surface area contributed by atoms with Crippen LogP contribution in [0.15, 0.2) is 59.2 Å². The molecule has 0 aromatic carbocycles. The molecule has 0 amide bonds. The third kappa shape index (κ3) is 3.33. The molecule has 3 aromatic rings. The monoisotopic (exact) mass is 335 g/mol.